The number of anilines is 1. The molecule has 0 radical (unpaired) electrons. The van der Waals surface area contributed by atoms with Gasteiger partial charge in [-0.2, -0.15) is 0 Å². The third-order valence-electron chi connectivity index (χ3n) is 3.28. The van der Waals surface area contributed by atoms with Crippen molar-refractivity contribution in [2.45, 2.75) is 12.7 Å². The number of nitrogens with zero attached hydrogens (tertiary/aromatic N) is 1. The Kier molecular flexibility index (Phi) is 6.12. The number of nitrogens with one attached hydrogen (secondary N) is 1. The maximum atomic E-state index is 12.1. The second-order valence-corrected chi connectivity index (χ2v) is 7.06. The Balaban J connectivity index is 1.91. The number of rotatable bonds is 7. The molecule has 1 atom stereocenters. The molecule has 0 aromatic heterocycles. The highest BCUT2D eigenvalue weighted by Gasteiger charge is 2.13. The van der Waals surface area contributed by atoms with Crippen molar-refractivity contribution in [3.63, 3.8) is 0 Å². The lowest BCUT2D eigenvalue weighted by atomic mass is 10.2. The quantitative estimate of drug-likeness (QED) is 0.605. The van der Waals surface area contributed by atoms with Gasteiger partial charge < -0.3 is 5.32 Å². The molecule has 0 saturated heterocycles. The second kappa shape index (κ2) is 8.08. The molecule has 0 fully saturated rings. The molecule has 0 heterocycles. The Labute approximate surface area is 142 Å². The number of nitro benzene ring substituents is 1. The topological polar surface area (TPSA) is 72.2 Å². The summed E-state index contributed by atoms with van der Waals surface area (Å²) in [5, 5.41) is 14.2. The van der Waals surface area contributed by atoms with Crippen molar-refractivity contribution < 1.29 is 9.13 Å². The molecular formula is C16H17ClN2O3S. The summed E-state index contributed by atoms with van der Waals surface area (Å²) >= 11 is 6.08. The second-order valence-electron chi connectivity index (χ2n) is 5.08. The highest BCUT2D eigenvalue weighted by Crippen LogP contribution is 2.30. The average Bonchev–Trinajstić information content (AvgIpc) is 2.50. The van der Waals surface area contributed by atoms with Gasteiger partial charge in [-0.25, -0.2) is 0 Å². The first kappa shape index (κ1) is 17.4. The standard InChI is InChI=1S/C16H17ClN2O3S/c1-12-9-14(19(20)21)10-15(17)16(12)18-7-8-23(22)11-13-5-3-2-4-6-13/h2-6,9-10,18H,7-8,11H2,1H3. The van der Waals surface area contributed by atoms with Gasteiger partial charge in [0.2, 0.25) is 0 Å². The minimum atomic E-state index is -0.983. The van der Waals surface area contributed by atoms with E-state index in [0.29, 0.717) is 34.3 Å². The zero-order valence-corrected chi connectivity index (χ0v) is 14.2. The number of aryl methyl sites for hydroxylation is 1. The van der Waals surface area contributed by atoms with Crippen LogP contribution in [-0.2, 0) is 16.6 Å². The van der Waals surface area contributed by atoms with E-state index in [0.717, 1.165) is 5.56 Å². The van der Waals surface area contributed by atoms with Gasteiger partial charge in [0.15, 0.2) is 0 Å². The van der Waals surface area contributed by atoms with Crippen LogP contribution >= 0.6 is 11.6 Å². The van der Waals surface area contributed by atoms with Crippen LogP contribution in [0.3, 0.4) is 0 Å². The molecule has 0 amide bonds. The first-order valence-corrected chi connectivity index (χ1v) is 8.91. The molecule has 2 aromatic rings. The van der Waals surface area contributed by atoms with Gasteiger partial charge in [-0.05, 0) is 18.1 Å². The molecule has 0 aliphatic rings. The van der Waals surface area contributed by atoms with Crippen LogP contribution in [0.15, 0.2) is 42.5 Å². The zero-order valence-electron chi connectivity index (χ0n) is 12.6. The molecule has 0 spiro atoms. The SMILES string of the molecule is Cc1cc([N+](=O)[O-])cc(Cl)c1NCCS(=O)Cc1ccccc1. The van der Waals surface area contributed by atoms with Crippen molar-refractivity contribution in [2.75, 3.05) is 17.6 Å². The van der Waals surface area contributed by atoms with Gasteiger partial charge in [-0.15, -0.1) is 0 Å². The van der Waals surface area contributed by atoms with Crippen molar-refractivity contribution in [1.29, 1.82) is 0 Å². The van der Waals surface area contributed by atoms with E-state index in [1.807, 2.05) is 30.3 Å². The smallest absolute Gasteiger partial charge is 0.271 e. The molecule has 0 saturated carbocycles. The van der Waals surface area contributed by atoms with Crippen LogP contribution in [0.1, 0.15) is 11.1 Å². The normalized spacial score (nSPS) is 11.9. The number of hydrogen-bond donors (Lipinski definition) is 1. The van der Waals surface area contributed by atoms with Gasteiger partial charge in [0.25, 0.3) is 5.69 Å². The van der Waals surface area contributed by atoms with E-state index in [4.69, 9.17) is 11.6 Å². The number of hydrogen-bond acceptors (Lipinski definition) is 4. The van der Waals surface area contributed by atoms with Gasteiger partial charge in [0, 0.05) is 41.0 Å². The monoisotopic (exact) mass is 352 g/mol. The zero-order chi connectivity index (χ0) is 16.8. The maximum absolute atomic E-state index is 12.1. The molecule has 7 heteroatoms. The van der Waals surface area contributed by atoms with Crippen molar-refractivity contribution in [3.05, 3.63) is 68.7 Å². The Bertz CT molecular complexity index is 700. The molecular weight excluding hydrogens is 336 g/mol. The summed E-state index contributed by atoms with van der Waals surface area (Å²) in [7, 11) is -0.983. The molecule has 0 bridgehead atoms. The maximum Gasteiger partial charge on any atom is 0.271 e. The summed E-state index contributed by atoms with van der Waals surface area (Å²) in [6.45, 7) is 2.24. The van der Waals surface area contributed by atoms with Gasteiger partial charge in [0.1, 0.15) is 0 Å². The molecule has 0 aliphatic heterocycles. The highest BCUT2D eigenvalue weighted by molar-refractivity contribution is 7.84. The van der Waals surface area contributed by atoms with E-state index in [1.54, 1.807) is 6.92 Å². The summed E-state index contributed by atoms with van der Waals surface area (Å²) in [4.78, 5) is 10.3. The third kappa shape index (κ3) is 5.04. The lowest BCUT2D eigenvalue weighted by Crippen LogP contribution is -2.13. The molecule has 2 rings (SSSR count). The number of benzene rings is 2. The summed E-state index contributed by atoms with van der Waals surface area (Å²) in [6.07, 6.45) is 0. The molecule has 2 aromatic carbocycles. The van der Waals surface area contributed by atoms with E-state index >= 15 is 0 Å². The molecule has 1 N–H and O–H groups in total. The molecule has 1 unspecified atom stereocenters. The number of non-ortho nitro benzene ring substituents is 1. The minimum absolute atomic E-state index is 0.0364. The fraction of sp³-hybridized carbons (Fsp3) is 0.250. The Morgan fingerprint density at radius 2 is 1.96 bits per heavy atom. The third-order valence-corrected chi connectivity index (χ3v) is 4.90. The predicted molar refractivity (Wildman–Crippen MR) is 94.5 cm³/mol. The van der Waals surface area contributed by atoms with Gasteiger partial charge in [0.05, 0.1) is 15.6 Å². The summed E-state index contributed by atoms with van der Waals surface area (Å²) < 4.78 is 12.1. The van der Waals surface area contributed by atoms with Crippen LogP contribution in [0.2, 0.25) is 5.02 Å². The van der Waals surface area contributed by atoms with E-state index < -0.39 is 15.7 Å². The Hall–Kier alpha value is -1.92. The molecule has 23 heavy (non-hydrogen) atoms. The lowest BCUT2D eigenvalue weighted by Gasteiger charge is -2.11. The van der Waals surface area contributed by atoms with Gasteiger partial charge in [-0.1, -0.05) is 41.9 Å². The van der Waals surface area contributed by atoms with Crippen LogP contribution in [0.25, 0.3) is 0 Å². The van der Waals surface area contributed by atoms with E-state index in [9.17, 15) is 14.3 Å². The van der Waals surface area contributed by atoms with E-state index in [2.05, 4.69) is 5.32 Å². The largest absolute Gasteiger partial charge is 0.383 e. The number of nitro groups is 1. The van der Waals surface area contributed by atoms with Crippen molar-refractivity contribution in [1.82, 2.24) is 0 Å². The van der Waals surface area contributed by atoms with Crippen LogP contribution in [0.4, 0.5) is 11.4 Å². The lowest BCUT2D eigenvalue weighted by molar-refractivity contribution is -0.384. The number of halogens is 1. The van der Waals surface area contributed by atoms with Crippen LogP contribution < -0.4 is 5.32 Å². The molecule has 5 nitrogen and oxygen atoms in total. The Morgan fingerprint density at radius 1 is 1.26 bits per heavy atom. The molecule has 122 valence electrons. The first-order chi connectivity index (χ1) is 11.0. The van der Waals surface area contributed by atoms with E-state index in [1.165, 1.54) is 12.1 Å². The van der Waals surface area contributed by atoms with E-state index in [-0.39, 0.29) is 5.69 Å². The molecule has 0 aliphatic carbocycles. The Morgan fingerprint density at radius 3 is 2.57 bits per heavy atom. The minimum Gasteiger partial charge on any atom is -0.383 e. The van der Waals surface area contributed by atoms with Crippen LogP contribution in [-0.4, -0.2) is 21.4 Å². The first-order valence-electron chi connectivity index (χ1n) is 7.04. The van der Waals surface area contributed by atoms with Crippen molar-refractivity contribution >= 4 is 33.8 Å². The van der Waals surface area contributed by atoms with Crippen molar-refractivity contribution in [2.24, 2.45) is 0 Å². The van der Waals surface area contributed by atoms with Gasteiger partial charge in [-0.3, -0.25) is 14.3 Å². The van der Waals surface area contributed by atoms with Gasteiger partial charge >= 0.3 is 0 Å². The summed E-state index contributed by atoms with van der Waals surface area (Å²) in [5.41, 5.74) is 2.34. The fourth-order valence-corrected chi connectivity index (χ4v) is 3.54. The van der Waals surface area contributed by atoms with Crippen molar-refractivity contribution in [3.8, 4) is 0 Å². The highest BCUT2D eigenvalue weighted by atomic mass is 35.5. The summed E-state index contributed by atoms with van der Waals surface area (Å²) in [5.74, 6) is 0.983. The summed E-state index contributed by atoms with van der Waals surface area (Å²) in [6, 6.07) is 12.4. The van der Waals surface area contributed by atoms with Crippen LogP contribution in [0, 0.1) is 17.0 Å². The fourth-order valence-electron chi connectivity index (χ4n) is 2.18. The predicted octanol–water partition coefficient (Wildman–Crippen LogP) is 3.92. The van der Waals surface area contributed by atoms with Crippen LogP contribution in [0.5, 0.6) is 0 Å². The average molecular weight is 353 g/mol.